The van der Waals surface area contributed by atoms with Gasteiger partial charge in [0.15, 0.2) is 0 Å². The average molecular weight is 321 g/mol. The smallest absolute Gasteiger partial charge is 0.230 e. The van der Waals surface area contributed by atoms with Crippen LogP contribution >= 0.6 is 0 Å². The maximum absolute atomic E-state index is 11.1. The molecule has 0 aliphatic heterocycles. The molecule has 0 amide bonds. The van der Waals surface area contributed by atoms with E-state index in [9.17, 15) is 8.42 Å². The maximum atomic E-state index is 11.1. The molecule has 22 heavy (non-hydrogen) atoms. The number of anilines is 3. The van der Waals surface area contributed by atoms with Gasteiger partial charge in [0.25, 0.3) is 0 Å². The predicted octanol–water partition coefficient (Wildman–Crippen LogP) is 2.98. The van der Waals surface area contributed by atoms with E-state index in [0.29, 0.717) is 0 Å². The molecule has 0 atom stereocenters. The van der Waals surface area contributed by atoms with Crippen LogP contribution in [-0.4, -0.2) is 25.8 Å². The number of hydrogen-bond donors (Lipinski definition) is 2. The fraction of sp³-hybridized carbons (Fsp3) is 0.267. The molecule has 2 rings (SSSR count). The number of rotatable bonds is 6. The monoisotopic (exact) mass is 321 g/mol. The molecule has 0 bridgehead atoms. The lowest BCUT2D eigenvalue weighted by molar-refractivity contribution is 0.244. The van der Waals surface area contributed by atoms with Gasteiger partial charge in [-0.2, -0.15) is 0 Å². The first-order chi connectivity index (χ1) is 10.3. The zero-order chi connectivity index (χ0) is 16.2. The Morgan fingerprint density at radius 3 is 2.45 bits per heavy atom. The van der Waals surface area contributed by atoms with Crippen LogP contribution in [0.5, 0.6) is 5.75 Å². The Kier molecular flexibility index (Phi) is 4.87. The van der Waals surface area contributed by atoms with E-state index in [1.807, 2.05) is 38.1 Å². The number of sulfonamides is 1. The Balaban J connectivity index is 2.14. The number of para-hydroxylation sites is 2. The summed E-state index contributed by atoms with van der Waals surface area (Å²) in [6.45, 7) is 3.92. The van der Waals surface area contributed by atoms with Gasteiger partial charge in [-0.05, 0) is 38.1 Å². The number of nitrogens with zero attached hydrogens (tertiary/aromatic N) is 1. The molecular formula is C15H19N3O3S. The Bertz CT molecular complexity index is 728. The molecule has 2 N–H and O–H groups in total. The van der Waals surface area contributed by atoms with Gasteiger partial charge in [0, 0.05) is 0 Å². The topological polar surface area (TPSA) is 80.3 Å². The highest BCUT2D eigenvalue weighted by Crippen LogP contribution is 2.28. The van der Waals surface area contributed by atoms with Crippen LogP contribution in [0.15, 0.2) is 42.6 Å². The van der Waals surface area contributed by atoms with Crippen molar-refractivity contribution >= 4 is 27.2 Å². The van der Waals surface area contributed by atoms with Crippen LogP contribution < -0.4 is 14.8 Å². The molecule has 0 fully saturated rings. The van der Waals surface area contributed by atoms with Gasteiger partial charge >= 0.3 is 0 Å². The van der Waals surface area contributed by atoms with Crippen molar-refractivity contribution < 1.29 is 13.2 Å². The summed E-state index contributed by atoms with van der Waals surface area (Å²) in [6.07, 6.45) is 2.71. The van der Waals surface area contributed by atoms with Crippen LogP contribution in [-0.2, 0) is 10.0 Å². The zero-order valence-corrected chi connectivity index (χ0v) is 13.5. The van der Waals surface area contributed by atoms with Crippen molar-refractivity contribution in [1.29, 1.82) is 0 Å². The van der Waals surface area contributed by atoms with E-state index in [1.54, 1.807) is 18.3 Å². The minimum Gasteiger partial charge on any atom is -0.489 e. The summed E-state index contributed by atoms with van der Waals surface area (Å²) in [6, 6.07) is 10.9. The van der Waals surface area contributed by atoms with E-state index >= 15 is 0 Å². The van der Waals surface area contributed by atoms with E-state index in [-0.39, 0.29) is 11.9 Å². The van der Waals surface area contributed by atoms with Crippen molar-refractivity contribution in [3.05, 3.63) is 42.6 Å². The van der Waals surface area contributed by atoms with Gasteiger partial charge in [-0.3, -0.25) is 4.72 Å². The molecule has 0 saturated heterocycles. The number of ether oxygens (including phenoxy) is 1. The minimum atomic E-state index is -3.32. The number of nitrogens with one attached hydrogen (secondary N) is 2. The second-order valence-electron chi connectivity index (χ2n) is 5.09. The number of hydrogen-bond acceptors (Lipinski definition) is 5. The fourth-order valence-electron chi connectivity index (χ4n) is 1.80. The van der Waals surface area contributed by atoms with Gasteiger partial charge in [-0.25, -0.2) is 13.4 Å². The lowest BCUT2D eigenvalue weighted by atomic mass is 10.2. The molecule has 2 aromatic rings. The van der Waals surface area contributed by atoms with E-state index < -0.39 is 10.0 Å². The van der Waals surface area contributed by atoms with E-state index in [4.69, 9.17) is 4.74 Å². The summed E-state index contributed by atoms with van der Waals surface area (Å²) in [5, 5.41) is 3.20. The molecule has 0 aliphatic rings. The van der Waals surface area contributed by atoms with Crippen LogP contribution in [0.1, 0.15) is 13.8 Å². The summed E-state index contributed by atoms with van der Waals surface area (Å²) >= 11 is 0. The van der Waals surface area contributed by atoms with Crippen LogP contribution in [0.2, 0.25) is 0 Å². The van der Waals surface area contributed by atoms with Crippen molar-refractivity contribution in [3.63, 3.8) is 0 Å². The molecule has 7 heteroatoms. The van der Waals surface area contributed by atoms with E-state index in [0.717, 1.165) is 23.4 Å². The van der Waals surface area contributed by atoms with Gasteiger partial charge in [0.1, 0.15) is 11.6 Å². The maximum Gasteiger partial charge on any atom is 0.230 e. The van der Waals surface area contributed by atoms with Gasteiger partial charge in [0.2, 0.25) is 10.0 Å². The van der Waals surface area contributed by atoms with Crippen molar-refractivity contribution in [2.75, 3.05) is 16.3 Å². The Morgan fingerprint density at radius 2 is 1.86 bits per heavy atom. The minimum absolute atomic E-state index is 0.0717. The number of benzene rings is 1. The average Bonchev–Trinajstić information content (AvgIpc) is 2.41. The van der Waals surface area contributed by atoms with Gasteiger partial charge in [-0.15, -0.1) is 0 Å². The highest BCUT2D eigenvalue weighted by molar-refractivity contribution is 7.92. The number of pyridine rings is 1. The van der Waals surface area contributed by atoms with Crippen molar-refractivity contribution in [1.82, 2.24) is 4.98 Å². The van der Waals surface area contributed by atoms with Gasteiger partial charge in [-0.1, -0.05) is 12.1 Å². The summed E-state index contributed by atoms with van der Waals surface area (Å²) in [5.74, 6) is 1.02. The first-order valence-electron chi connectivity index (χ1n) is 6.80. The highest BCUT2D eigenvalue weighted by Gasteiger charge is 2.06. The summed E-state index contributed by atoms with van der Waals surface area (Å²) < 4.78 is 30.3. The zero-order valence-electron chi connectivity index (χ0n) is 12.7. The molecule has 0 saturated carbocycles. The molecule has 0 aliphatic carbocycles. The SMILES string of the molecule is CC(C)Oc1ccccc1Nc1ccc(NS(C)(=O)=O)nc1. The second-order valence-corrected chi connectivity index (χ2v) is 6.84. The lowest BCUT2D eigenvalue weighted by Gasteiger charge is -2.15. The van der Waals surface area contributed by atoms with Gasteiger partial charge in [0.05, 0.1) is 29.9 Å². The molecule has 118 valence electrons. The molecule has 1 heterocycles. The standard InChI is InChI=1S/C15H19N3O3S/c1-11(2)21-14-7-5-4-6-13(14)17-12-8-9-15(16-10-12)18-22(3,19)20/h4-11,17H,1-3H3,(H,16,18). The summed E-state index contributed by atoms with van der Waals surface area (Å²) in [4.78, 5) is 4.06. The second kappa shape index (κ2) is 6.65. The van der Waals surface area contributed by atoms with Crippen molar-refractivity contribution in [3.8, 4) is 5.75 Å². The quantitative estimate of drug-likeness (QED) is 0.855. The first kappa shape index (κ1) is 16.1. The Hall–Kier alpha value is -2.28. The predicted molar refractivity (Wildman–Crippen MR) is 88.2 cm³/mol. The van der Waals surface area contributed by atoms with Crippen molar-refractivity contribution in [2.24, 2.45) is 0 Å². The molecule has 1 aromatic heterocycles. The number of aromatic nitrogens is 1. The van der Waals surface area contributed by atoms with Crippen LogP contribution in [0, 0.1) is 0 Å². The molecule has 1 aromatic carbocycles. The van der Waals surface area contributed by atoms with E-state index in [1.165, 1.54) is 0 Å². The molecule has 0 spiro atoms. The fourth-order valence-corrected chi connectivity index (χ4v) is 2.30. The van der Waals surface area contributed by atoms with Gasteiger partial charge < -0.3 is 10.1 Å². The molecular weight excluding hydrogens is 302 g/mol. The van der Waals surface area contributed by atoms with Crippen LogP contribution in [0.25, 0.3) is 0 Å². The lowest BCUT2D eigenvalue weighted by Crippen LogP contribution is -2.10. The molecule has 0 unspecified atom stereocenters. The van der Waals surface area contributed by atoms with Crippen molar-refractivity contribution in [2.45, 2.75) is 20.0 Å². The first-order valence-corrected chi connectivity index (χ1v) is 8.69. The third-order valence-electron chi connectivity index (χ3n) is 2.58. The Labute approximate surface area is 130 Å². The third kappa shape index (κ3) is 4.92. The van der Waals surface area contributed by atoms with Crippen LogP contribution in [0.3, 0.4) is 0 Å². The normalized spacial score (nSPS) is 11.3. The highest BCUT2D eigenvalue weighted by atomic mass is 32.2. The largest absolute Gasteiger partial charge is 0.489 e. The molecule has 0 radical (unpaired) electrons. The third-order valence-corrected chi connectivity index (χ3v) is 3.16. The Morgan fingerprint density at radius 1 is 1.14 bits per heavy atom. The van der Waals surface area contributed by atoms with Crippen LogP contribution in [0.4, 0.5) is 17.2 Å². The summed E-state index contributed by atoms with van der Waals surface area (Å²) in [7, 11) is -3.32. The summed E-state index contributed by atoms with van der Waals surface area (Å²) in [5.41, 5.74) is 1.56. The molecule has 6 nitrogen and oxygen atoms in total. The van der Waals surface area contributed by atoms with E-state index in [2.05, 4.69) is 15.0 Å².